The molecule has 1 aromatic rings. The molecule has 0 spiro atoms. The molecule has 1 saturated heterocycles. The second kappa shape index (κ2) is 6.79. The van der Waals surface area contributed by atoms with Crippen molar-refractivity contribution >= 4 is 23.3 Å². The van der Waals surface area contributed by atoms with Gasteiger partial charge in [-0.25, -0.2) is 4.79 Å². The Morgan fingerprint density at radius 2 is 2.00 bits per heavy atom. The van der Waals surface area contributed by atoms with Crippen LogP contribution < -0.4 is 16.0 Å². The van der Waals surface area contributed by atoms with Crippen molar-refractivity contribution < 1.29 is 14.3 Å². The van der Waals surface area contributed by atoms with E-state index >= 15 is 0 Å². The van der Waals surface area contributed by atoms with Crippen molar-refractivity contribution in [1.82, 2.24) is 5.32 Å². The molecule has 2 rings (SSSR count). The van der Waals surface area contributed by atoms with Crippen LogP contribution in [0.4, 0.5) is 16.2 Å². The molecule has 0 atom stereocenters. The molecule has 1 aromatic carbocycles. The van der Waals surface area contributed by atoms with Crippen molar-refractivity contribution in [2.75, 3.05) is 30.4 Å². The Balaban J connectivity index is 1.94. The van der Waals surface area contributed by atoms with Gasteiger partial charge in [-0.05, 0) is 24.6 Å². The molecule has 22 heavy (non-hydrogen) atoms. The van der Waals surface area contributed by atoms with E-state index in [2.05, 4.69) is 22.9 Å². The number of benzene rings is 1. The van der Waals surface area contributed by atoms with E-state index in [1.54, 1.807) is 13.0 Å². The maximum atomic E-state index is 12.0. The molecule has 6 nitrogen and oxygen atoms in total. The number of ether oxygens (including phenoxy) is 1. The van der Waals surface area contributed by atoms with Crippen LogP contribution in [0.25, 0.3) is 0 Å². The number of nitrogens with one attached hydrogen (secondary N) is 3. The first-order chi connectivity index (χ1) is 10.4. The summed E-state index contributed by atoms with van der Waals surface area (Å²) in [5.41, 5.74) is 2.32. The van der Waals surface area contributed by atoms with Crippen molar-refractivity contribution in [3.63, 3.8) is 0 Å². The normalized spacial score (nSPS) is 15.6. The highest BCUT2D eigenvalue weighted by Gasteiger charge is 2.33. The molecule has 1 aliphatic rings. The number of carbonyl (C=O) groups excluding carboxylic acids is 2. The third kappa shape index (κ3) is 4.21. The second-order valence-electron chi connectivity index (χ2n) is 6.04. The predicted molar refractivity (Wildman–Crippen MR) is 86.0 cm³/mol. The van der Waals surface area contributed by atoms with Gasteiger partial charge in [0.2, 0.25) is 5.91 Å². The van der Waals surface area contributed by atoms with Crippen LogP contribution in [0.2, 0.25) is 0 Å². The second-order valence-corrected chi connectivity index (χ2v) is 6.04. The molecule has 0 aliphatic carbocycles. The van der Waals surface area contributed by atoms with Gasteiger partial charge in [0.1, 0.15) is 0 Å². The van der Waals surface area contributed by atoms with Gasteiger partial charge in [-0.2, -0.15) is 0 Å². The fraction of sp³-hybridized carbons (Fsp3) is 0.500. The van der Waals surface area contributed by atoms with E-state index in [4.69, 9.17) is 4.74 Å². The number of amides is 3. The van der Waals surface area contributed by atoms with E-state index in [0.717, 1.165) is 5.56 Å². The summed E-state index contributed by atoms with van der Waals surface area (Å²) < 4.78 is 5.16. The molecule has 0 aromatic heterocycles. The number of carbonyl (C=O) groups is 2. The highest BCUT2D eigenvalue weighted by atomic mass is 16.5. The molecule has 0 saturated carbocycles. The summed E-state index contributed by atoms with van der Waals surface area (Å²) in [6.45, 7) is 7.69. The van der Waals surface area contributed by atoms with Crippen LogP contribution in [-0.4, -0.2) is 31.7 Å². The number of urea groups is 1. The molecule has 3 N–H and O–H groups in total. The molecular formula is C16H23N3O3. The number of anilines is 2. The average molecular weight is 305 g/mol. The quantitative estimate of drug-likeness (QED) is 0.782. The van der Waals surface area contributed by atoms with E-state index < -0.39 is 0 Å². The summed E-state index contributed by atoms with van der Waals surface area (Å²) in [4.78, 5) is 23.4. The number of hydrogen-bond acceptors (Lipinski definition) is 3. The van der Waals surface area contributed by atoms with Gasteiger partial charge in [0.25, 0.3) is 0 Å². The van der Waals surface area contributed by atoms with Crippen LogP contribution >= 0.6 is 0 Å². The molecule has 0 radical (unpaired) electrons. The van der Waals surface area contributed by atoms with Gasteiger partial charge < -0.3 is 20.7 Å². The number of hydrogen-bond donors (Lipinski definition) is 3. The van der Waals surface area contributed by atoms with Crippen molar-refractivity contribution in [1.29, 1.82) is 0 Å². The predicted octanol–water partition coefficient (Wildman–Crippen LogP) is 2.50. The van der Waals surface area contributed by atoms with Crippen molar-refractivity contribution in [2.45, 2.75) is 27.2 Å². The van der Waals surface area contributed by atoms with Crippen LogP contribution in [0.3, 0.4) is 0 Å². The van der Waals surface area contributed by atoms with Crippen LogP contribution in [0, 0.1) is 12.3 Å². The smallest absolute Gasteiger partial charge is 0.319 e. The zero-order valence-corrected chi connectivity index (χ0v) is 13.3. The first-order valence-corrected chi connectivity index (χ1v) is 7.45. The summed E-state index contributed by atoms with van der Waals surface area (Å²) in [7, 11) is 0. The monoisotopic (exact) mass is 305 g/mol. The molecule has 1 fully saturated rings. The zero-order chi connectivity index (χ0) is 16.2. The average Bonchev–Trinajstić information content (AvgIpc) is 2.46. The van der Waals surface area contributed by atoms with Gasteiger partial charge in [0.05, 0.1) is 13.2 Å². The highest BCUT2D eigenvalue weighted by Crippen LogP contribution is 2.25. The van der Waals surface area contributed by atoms with E-state index in [9.17, 15) is 9.59 Å². The Kier molecular flexibility index (Phi) is 5.03. The van der Waals surface area contributed by atoms with E-state index in [1.165, 1.54) is 0 Å². The first-order valence-electron chi connectivity index (χ1n) is 7.45. The Morgan fingerprint density at radius 3 is 2.59 bits per heavy atom. The lowest BCUT2D eigenvalue weighted by Gasteiger charge is -2.37. The standard InChI is InChI=1S/C16H23N3O3/c1-4-14(20)18-12-6-5-11(2)13(7-12)19-15(21)17-8-16(3)9-22-10-16/h5-7H,4,8-10H2,1-3H3,(H,18,20)(H2,17,19,21). The molecule has 0 bridgehead atoms. The Hall–Kier alpha value is -2.08. The van der Waals surface area contributed by atoms with E-state index in [0.29, 0.717) is 37.6 Å². The number of rotatable bonds is 5. The van der Waals surface area contributed by atoms with Gasteiger partial charge in [0, 0.05) is 29.8 Å². The van der Waals surface area contributed by atoms with Crippen molar-refractivity contribution in [3.05, 3.63) is 23.8 Å². The van der Waals surface area contributed by atoms with E-state index in [-0.39, 0.29) is 17.4 Å². The minimum Gasteiger partial charge on any atom is -0.380 e. The van der Waals surface area contributed by atoms with E-state index in [1.807, 2.05) is 19.1 Å². The first kappa shape index (κ1) is 16.3. The molecule has 3 amide bonds. The summed E-state index contributed by atoms with van der Waals surface area (Å²) >= 11 is 0. The van der Waals surface area contributed by atoms with Gasteiger partial charge in [-0.3, -0.25) is 4.79 Å². The fourth-order valence-corrected chi connectivity index (χ4v) is 2.10. The summed E-state index contributed by atoms with van der Waals surface area (Å²) in [6.07, 6.45) is 0.414. The SMILES string of the molecule is CCC(=O)Nc1ccc(C)c(NC(=O)NCC2(C)COC2)c1. The minimum absolute atomic E-state index is 0.0311. The summed E-state index contributed by atoms with van der Waals surface area (Å²) in [5, 5.41) is 8.46. The summed E-state index contributed by atoms with van der Waals surface area (Å²) in [6, 6.07) is 5.19. The maximum Gasteiger partial charge on any atom is 0.319 e. The molecule has 120 valence electrons. The largest absolute Gasteiger partial charge is 0.380 e. The summed E-state index contributed by atoms with van der Waals surface area (Å²) in [5.74, 6) is -0.0582. The van der Waals surface area contributed by atoms with Crippen LogP contribution in [0.5, 0.6) is 0 Å². The lowest BCUT2D eigenvalue weighted by Crippen LogP contribution is -2.49. The maximum absolute atomic E-state index is 12.0. The van der Waals surface area contributed by atoms with Crippen molar-refractivity contribution in [3.8, 4) is 0 Å². The zero-order valence-electron chi connectivity index (χ0n) is 13.3. The van der Waals surface area contributed by atoms with Crippen LogP contribution in [0.15, 0.2) is 18.2 Å². The number of aryl methyl sites for hydroxylation is 1. The Labute approximate surface area is 130 Å². The van der Waals surface area contributed by atoms with Gasteiger partial charge in [0.15, 0.2) is 0 Å². The highest BCUT2D eigenvalue weighted by molar-refractivity contribution is 5.94. The van der Waals surface area contributed by atoms with Crippen molar-refractivity contribution in [2.24, 2.45) is 5.41 Å². The lowest BCUT2D eigenvalue weighted by molar-refractivity contribution is -0.115. The topological polar surface area (TPSA) is 79.5 Å². The molecule has 1 aliphatic heterocycles. The third-order valence-corrected chi connectivity index (χ3v) is 3.67. The van der Waals surface area contributed by atoms with Gasteiger partial charge >= 0.3 is 6.03 Å². The van der Waals surface area contributed by atoms with Gasteiger partial charge in [-0.1, -0.05) is 19.9 Å². The lowest BCUT2D eigenvalue weighted by atomic mass is 9.89. The Morgan fingerprint density at radius 1 is 1.27 bits per heavy atom. The minimum atomic E-state index is -0.254. The van der Waals surface area contributed by atoms with Crippen LogP contribution in [0.1, 0.15) is 25.8 Å². The molecule has 6 heteroatoms. The fourth-order valence-electron chi connectivity index (χ4n) is 2.10. The van der Waals surface area contributed by atoms with Crippen LogP contribution in [-0.2, 0) is 9.53 Å². The molecule has 1 heterocycles. The molecular weight excluding hydrogens is 282 g/mol. The van der Waals surface area contributed by atoms with Gasteiger partial charge in [-0.15, -0.1) is 0 Å². The third-order valence-electron chi connectivity index (χ3n) is 3.67. The molecule has 0 unspecified atom stereocenters. The Bertz CT molecular complexity index is 568.